The van der Waals surface area contributed by atoms with Gasteiger partial charge in [-0.1, -0.05) is 51.1 Å². The van der Waals surface area contributed by atoms with E-state index in [0.29, 0.717) is 0 Å². The fraction of sp³-hybridized carbons (Fsp3) is 0.429. The van der Waals surface area contributed by atoms with Gasteiger partial charge in [-0.2, -0.15) is 0 Å². The van der Waals surface area contributed by atoms with Crippen LogP contribution in [0, 0.1) is 10.8 Å². The van der Waals surface area contributed by atoms with E-state index in [-0.39, 0.29) is 12.1 Å². The van der Waals surface area contributed by atoms with Crippen LogP contribution in [0.25, 0.3) is 0 Å². The number of benzene rings is 1. The van der Waals surface area contributed by atoms with Gasteiger partial charge in [0.25, 0.3) is 0 Å². The molecule has 0 atom stereocenters. The van der Waals surface area contributed by atoms with Gasteiger partial charge in [-0.3, -0.25) is 5.41 Å². The molecule has 0 aliphatic rings. The molecule has 0 radical (unpaired) electrons. The molecule has 0 spiro atoms. The van der Waals surface area contributed by atoms with Gasteiger partial charge >= 0.3 is 0 Å². The van der Waals surface area contributed by atoms with Crippen molar-refractivity contribution in [3.05, 3.63) is 35.9 Å². The summed E-state index contributed by atoms with van der Waals surface area (Å²) in [5.74, 6) is 0. The van der Waals surface area contributed by atoms with Crippen LogP contribution in [-0.4, -0.2) is 18.8 Å². The first kappa shape index (κ1) is 13.4. The van der Waals surface area contributed by atoms with Crippen molar-refractivity contribution >= 4 is 12.1 Å². The van der Waals surface area contributed by atoms with Crippen molar-refractivity contribution in [2.45, 2.75) is 27.2 Å². The SMILES string of the molecule is CC(C)(C)C/C(=N\COC=N)c1ccccc1. The minimum absolute atomic E-state index is 0.180. The van der Waals surface area contributed by atoms with Gasteiger partial charge in [0.15, 0.2) is 13.1 Å². The van der Waals surface area contributed by atoms with Crippen LogP contribution >= 0.6 is 0 Å². The van der Waals surface area contributed by atoms with Crippen molar-refractivity contribution in [2.75, 3.05) is 6.73 Å². The summed E-state index contributed by atoms with van der Waals surface area (Å²) in [6, 6.07) is 10.1. The number of nitrogens with zero attached hydrogens (tertiary/aromatic N) is 1. The Balaban J connectivity index is 2.86. The number of nitrogens with one attached hydrogen (secondary N) is 1. The van der Waals surface area contributed by atoms with E-state index in [4.69, 9.17) is 10.1 Å². The first-order valence-electron chi connectivity index (χ1n) is 5.72. The Hall–Kier alpha value is -1.64. The van der Waals surface area contributed by atoms with E-state index in [1.807, 2.05) is 18.2 Å². The second kappa shape index (κ2) is 6.18. The Morgan fingerprint density at radius 1 is 1.29 bits per heavy atom. The average molecular weight is 232 g/mol. The van der Waals surface area contributed by atoms with E-state index in [0.717, 1.165) is 24.1 Å². The van der Waals surface area contributed by atoms with E-state index < -0.39 is 0 Å². The zero-order chi connectivity index (χ0) is 12.7. The van der Waals surface area contributed by atoms with Crippen molar-refractivity contribution in [1.29, 1.82) is 5.41 Å². The minimum atomic E-state index is 0.180. The Labute approximate surface area is 103 Å². The molecular weight excluding hydrogens is 212 g/mol. The van der Waals surface area contributed by atoms with E-state index >= 15 is 0 Å². The van der Waals surface area contributed by atoms with Crippen LogP contribution in [-0.2, 0) is 4.74 Å². The summed E-state index contributed by atoms with van der Waals surface area (Å²) in [4.78, 5) is 4.41. The molecule has 0 heterocycles. The van der Waals surface area contributed by atoms with Gasteiger partial charge < -0.3 is 4.74 Å². The first-order valence-corrected chi connectivity index (χ1v) is 5.72. The molecule has 3 heteroatoms. The fourth-order valence-corrected chi connectivity index (χ4v) is 1.53. The standard InChI is InChI=1S/C14H20N2O/c1-14(2,3)9-13(16-11-17-10-15)12-7-5-4-6-8-12/h4-8,10,15H,9,11H2,1-3H3/b15-10?,16-13+. The van der Waals surface area contributed by atoms with Gasteiger partial charge in [-0.05, 0) is 17.4 Å². The van der Waals surface area contributed by atoms with E-state index in [9.17, 15) is 0 Å². The molecule has 3 nitrogen and oxygen atoms in total. The monoisotopic (exact) mass is 232 g/mol. The van der Waals surface area contributed by atoms with Gasteiger partial charge in [0.1, 0.15) is 0 Å². The molecule has 17 heavy (non-hydrogen) atoms. The lowest BCUT2D eigenvalue weighted by molar-refractivity contribution is 0.330. The third-order valence-electron chi connectivity index (χ3n) is 2.22. The molecule has 1 N–H and O–H groups in total. The molecule has 1 aromatic carbocycles. The second-order valence-electron chi connectivity index (χ2n) is 5.12. The highest BCUT2D eigenvalue weighted by molar-refractivity contribution is 6.00. The lowest BCUT2D eigenvalue weighted by Gasteiger charge is -2.19. The Morgan fingerprint density at radius 3 is 2.47 bits per heavy atom. The van der Waals surface area contributed by atoms with Crippen molar-refractivity contribution in [3.63, 3.8) is 0 Å². The van der Waals surface area contributed by atoms with Gasteiger partial charge in [0, 0.05) is 5.71 Å². The zero-order valence-electron chi connectivity index (χ0n) is 10.7. The highest BCUT2D eigenvalue weighted by atomic mass is 16.5. The molecule has 0 aromatic heterocycles. The summed E-state index contributed by atoms with van der Waals surface area (Å²) in [6.07, 6.45) is 1.81. The largest absolute Gasteiger partial charge is 0.461 e. The topological polar surface area (TPSA) is 45.4 Å². The van der Waals surface area contributed by atoms with Crippen LogP contribution in [0.2, 0.25) is 0 Å². The van der Waals surface area contributed by atoms with Crippen molar-refractivity contribution in [1.82, 2.24) is 0 Å². The van der Waals surface area contributed by atoms with E-state index in [2.05, 4.69) is 37.9 Å². The van der Waals surface area contributed by atoms with Crippen LogP contribution in [0.15, 0.2) is 35.3 Å². The Bertz CT molecular complexity index is 377. The lowest BCUT2D eigenvalue weighted by atomic mass is 9.87. The number of rotatable bonds is 5. The molecule has 0 saturated heterocycles. The van der Waals surface area contributed by atoms with Crippen LogP contribution in [0.4, 0.5) is 0 Å². The van der Waals surface area contributed by atoms with Crippen LogP contribution in [0.5, 0.6) is 0 Å². The number of aliphatic imine (C=N–C) groups is 1. The molecule has 1 aromatic rings. The van der Waals surface area contributed by atoms with Crippen LogP contribution in [0.3, 0.4) is 0 Å². The first-order chi connectivity index (χ1) is 8.03. The maximum atomic E-state index is 6.81. The third-order valence-corrected chi connectivity index (χ3v) is 2.22. The predicted molar refractivity (Wildman–Crippen MR) is 71.8 cm³/mol. The summed E-state index contributed by atoms with van der Waals surface area (Å²) in [7, 11) is 0. The molecule has 0 aliphatic carbocycles. The molecule has 0 unspecified atom stereocenters. The maximum Gasteiger partial charge on any atom is 0.180 e. The predicted octanol–water partition coefficient (Wildman–Crippen LogP) is 3.49. The van der Waals surface area contributed by atoms with E-state index in [1.165, 1.54) is 0 Å². The van der Waals surface area contributed by atoms with Gasteiger partial charge in [-0.15, -0.1) is 0 Å². The quantitative estimate of drug-likeness (QED) is 0.471. The number of hydrogen-bond acceptors (Lipinski definition) is 3. The van der Waals surface area contributed by atoms with Crippen LogP contribution in [0.1, 0.15) is 32.8 Å². The Kier molecular flexibility index (Phi) is 4.88. The summed E-state index contributed by atoms with van der Waals surface area (Å²) in [5, 5.41) is 6.81. The molecule has 0 amide bonds. The summed E-state index contributed by atoms with van der Waals surface area (Å²) in [6.45, 7) is 6.76. The molecule has 0 aliphatic heterocycles. The Morgan fingerprint density at radius 2 is 1.94 bits per heavy atom. The summed E-state index contributed by atoms with van der Waals surface area (Å²) < 4.78 is 4.85. The second-order valence-corrected chi connectivity index (χ2v) is 5.12. The summed E-state index contributed by atoms with van der Waals surface area (Å²) >= 11 is 0. The summed E-state index contributed by atoms with van der Waals surface area (Å²) in [5.41, 5.74) is 2.33. The maximum absolute atomic E-state index is 6.81. The van der Waals surface area contributed by atoms with Gasteiger partial charge in [0.05, 0.1) is 0 Å². The molecule has 92 valence electrons. The normalized spacial score (nSPS) is 12.3. The zero-order valence-corrected chi connectivity index (χ0v) is 10.7. The fourth-order valence-electron chi connectivity index (χ4n) is 1.53. The molecule has 0 fully saturated rings. The lowest BCUT2D eigenvalue weighted by Crippen LogP contribution is -2.15. The highest BCUT2D eigenvalue weighted by Crippen LogP contribution is 2.22. The van der Waals surface area contributed by atoms with Crippen molar-refractivity contribution < 1.29 is 4.74 Å². The third kappa shape index (κ3) is 5.29. The average Bonchev–Trinajstić information content (AvgIpc) is 2.28. The van der Waals surface area contributed by atoms with Crippen LogP contribution < -0.4 is 0 Å². The molecular formula is C14H20N2O. The minimum Gasteiger partial charge on any atom is -0.461 e. The number of hydrogen-bond donors (Lipinski definition) is 1. The van der Waals surface area contributed by atoms with Gasteiger partial charge in [0.2, 0.25) is 0 Å². The van der Waals surface area contributed by atoms with Crippen molar-refractivity contribution in [2.24, 2.45) is 10.4 Å². The highest BCUT2D eigenvalue weighted by Gasteiger charge is 2.15. The number of ether oxygens (including phenoxy) is 1. The molecule has 0 saturated carbocycles. The van der Waals surface area contributed by atoms with E-state index in [1.54, 1.807) is 0 Å². The van der Waals surface area contributed by atoms with Gasteiger partial charge in [-0.25, -0.2) is 4.99 Å². The molecule has 0 bridgehead atoms. The van der Waals surface area contributed by atoms with Crippen molar-refractivity contribution in [3.8, 4) is 0 Å². The molecule has 1 rings (SSSR count). The smallest absolute Gasteiger partial charge is 0.180 e.